The predicted octanol–water partition coefficient (Wildman–Crippen LogP) is 4.12. The fraction of sp³-hybridized carbons (Fsp3) is 1.00. The molecule has 0 aliphatic heterocycles. The third-order valence-corrected chi connectivity index (χ3v) is 4.22. The van der Waals surface area contributed by atoms with E-state index in [0.717, 1.165) is 25.2 Å². The molecule has 0 spiro atoms. The van der Waals surface area contributed by atoms with Crippen molar-refractivity contribution in [1.82, 2.24) is 0 Å². The topological polar surface area (TPSA) is 35.2 Å². The maximum atomic E-state index is 6.34. The first-order valence-corrected chi connectivity index (χ1v) is 7.79. The minimum absolute atomic E-state index is 0.209. The molecule has 2 nitrogen and oxygen atoms in total. The molecule has 1 aliphatic carbocycles. The molecule has 0 amide bonds. The Hall–Kier alpha value is -0.0800. The molecule has 2 heteroatoms. The number of hydrogen-bond donors (Lipinski definition) is 1. The van der Waals surface area contributed by atoms with Gasteiger partial charge in [-0.3, -0.25) is 0 Å². The number of ether oxygens (including phenoxy) is 1. The average molecular weight is 255 g/mol. The molecule has 1 fully saturated rings. The van der Waals surface area contributed by atoms with Crippen molar-refractivity contribution >= 4 is 0 Å². The largest absolute Gasteiger partial charge is 0.373 e. The van der Waals surface area contributed by atoms with E-state index in [1.165, 1.54) is 19.3 Å². The summed E-state index contributed by atoms with van der Waals surface area (Å²) in [6.45, 7) is 11.5. The van der Waals surface area contributed by atoms with Gasteiger partial charge in [-0.1, -0.05) is 41.0 Å². The maximum Gasteiger partial charge on any atom is 0.0727 e. The molecular formula is C16H33NO. The maximum absolute atomic E-state index is 6.34. The summed E-state index contributed by atoms with van der Waals surface area (Å²) in [5, 5.41) is 0. The van der Waals surface area contributed by atoms with E-state index in [-0.39, 0.29) is 12.1 Å². The molecule has 1 saturated carbocycles. The van der Waals surface area contributed by atoms with Gasteiger partial charge < -0.3 is 10.5 Å². The van der Waals surface area contributed by atoms with Crippen LogP contribution in [-0.4, -0.2) is 18.2 Å². The quantitative estimate of drug-likeness (QED) is 0.774. The number of nitrogens with two attached hydrogens (primary N) is 1. The summed E-state index contributed by atoms with van der Waals surface area (Å²) in [6, 6.07) is 0.209. The van der Waals surface area contributed by atoms with Gasteiger partial charge in [0.25, 0.3) is 0 Å². The Morgan fingerprint density at radius 1 is 1.28 bits per heavy atom. The fourth-order valence-electron chi connectivity index (χ4n) is 3.63. The standard InChI is InChI=1S/C16H33NO/c1-6-8-14(17)15(7-2)18-13-9-12(3)10-16(4,5)11-13/h12-15H,6-11,17H2,1-5H3. The average Bonchev–Trinajstić information content (AvgIpc) is 2.23. The highest BCUT2D eigenvalue weighted by Crippen LogP contribution is 2.40. The van der Waals surface area contributed by atoms with Crippen molar-refractivity contribution in [3.8, 4) is 0 Å². The van der Waals surface area contributed by atoms with E-state index in [4.69, 9.17) is 10.5 Å². The molecule has 0 heterocycles. The molecule has 2 N–H and O–H groups in total. The van der Waals surface area contributed by atoms with Crippen molar-refractivity contribution in [3.05, 3.63) is 0 Å². The second-order valence-corrected chi connectivity index (χ2v) is 7.07. The minimum Gasteiger partial charge on any atom is -0.373 e. The molecular weight excluding hydrogens is 222 g/mol. The van der Waals surface area contributed by atoms with Crippen molar-refractivity contribution in [2.24, 2.45) is 17.1 Å². The van der Waals surface area contributed by atoms with Crippen molar-refractivity contribution < 1.29 is 4.74 Å². The molecule has 0 aromatic rings. The third kappa shape index (κ3) is 4.89. The van der Waals surface area contributed by atoms with Gasteiger partial charge in [-0.05, 0) is 43.4 Å². The van der Waals surface area contributed by atoms with Crippen LogP contribution in [0.25, 0.3) is 0 Å². The molecule has 0 aromatic heterocycles. The summed E-state index contributed by atoms with van der Waals surface area (Å²) < 4.78 is 6.34. The summed E-state index contributed by atoms with van der Waals surface area (Å²) in [5.74, 6) is 0.777. The van der Waals surface area contributed by atoms with Crippen molar-refractivity contribution in [2.45, 2.75) is 91.4 Å². The van der Waals surface area contributed by atoms with E-state index in [1.54, 1.807) is 0 Å². The summed E-state index contributed by atoms with van der Waals surface area (Å²) in [4.78, 5) is 0. The zero-order chi connectivity index (χ0) is 13.8. The monoisotopic (exact) mass is 255 g/mol. The Balaban J connectivity index is 2.53. The summed E-state index contributed by atoms with van der Waals surface area (Å²) in [6.07, 6.45) is 7.63. The van der Waals surface area contributed by atoms with Gasteiger partial charge in [0.05, 0.1) is 12.2 Å². The van der Waals surface area contributed by atoms with E-state index in [9.17, 15) is 0 Å². The van der Waals surface area contributed by atoms with Gasteiger partial charge in [-0.15, -0.1) is 0 Å². The normalized spacial score (nSPS) is 31.0. The van der Waals surface area contributed by atoms with Gasteiger partial charge in [0.15, 0.2) is 0 Å². The van der Waals surface area contributed by atoms with Gasteiger partial charge in [0, 0.05) is 6.04 Å². The van der Waals surface area contributed by atoms with Crippen LogP contribution in [0.15, 0.2) is 0 Å². The molecule has 4 atom stereocenters. The van der Waals surface area contributed by atoms with E-state index >= 15 is 0 Å². The van der Waals surface area contributed by atoms with Crippen LogP contribution < -0.4 is 5.73 Å². The predicted molar refractivity (Wildman–Crippen MR) is 78.6 cm³/mol. The SMILES string of the molecule is CCCC(N)C(CC)OC1CC(C)CC(C)(C)C1. The Morgan fingerprint density at radius 3 is 2.44 bits per heavy atom. The van der Waals surface area contributed by atoms with Crippen LogP contribution in [0.1, 0.15) is 73.1 Å². The van der Waals surface area contributed by atoms with Crippen LogP contribution in [0.2, 0.25) is 0 Å². The molecule has 4 unspecified atom stereocenters. The van der Waals surface area contributed by atoms with Crippen molar-refractivity contribution in [3.63, 3.8) is 0 Å². The first kappa shape index (κ1) is 16.0. The third-order valence-electron chi connectivity index (χ3n) is 4.22. The molecule has 0 saturated heterocycles. The first-order valence-electron chi connectivity index (χ1n) is 7.79. The number of hydrogen-bond acceptors (Lipinski definition) is 2. The lowest BCUT2D eigenvalue weighted by molar-refractivity contribution is -0.0754. The number of rotatable bonds is 6. The van der Waals surface area contributed by atoms with Gasteiger partial charge in [-0.2, -0.15) is 0 Å². The fourth-order valence-corrected chi connectivity index (χ4v) is 3.63. The van der Waals surface area contributed by atoms with Crippen molar-refractivity contribution in [1.29, 1.82) is 0 Å². The minimum atomic E-state index is 0.209. The second-order valence-electron chi connectivity index (χ2n) is 7.07. The highest BCUT2D eigenvalue weighted by Gasteiger charge is 2.34. The zero-order valence-electron chi connectivity index (χ0n) is 13.0. The van der Waals surface area contributed by atoms with Gasteiger partial charge >= 0.3 is 0 Å². The van der Waals surface area contributed by atoms with Gasteiger partial charge in [-0.25, -0.2) is 0 Å². The highest BCUT2D eigenvalue weighted by molar-refractivity contribution is 4.85. The zero-order valence-corrected chi connectivity index (χ0v) is 13.0. The molecule has 1 rings (SSSR count). The highest BCUT2D eigenvalue weighted by atomic mass is 16.5. The molecule has 18 heavy (non-hydrogen) atoms. The van der Waals surface area contributed by atoms with Crippen molar-refractivity contribution in [2.75, 3.05) is 0 Å². The van der Waals surface area contributed by atoms with Crippen LogP contribution in [0.4, 0.5) is 0 Å². The Kier molecular flexibility index (Phi) is 6.13. The Morgan fingerprint density at radius 2 is 1.94 bits per heavy atom. The van der Waals surface area contributed by atoms with Crippen LogP contribution >= 0.6 is 0 Å². The summed E-state index contributed by atoms with van der Waals surface area (Å²) >= 11 is 0. The van der Waals surface area contributed by atoms with Crippen LogP contribution in [0.3, 0.4) is 0 Å². The first-order chi connectivity index (χ1) is 8.38. The van der Waals surface area contributed by atoms with E-state index in [2.05, 4.69) is 34.6 Å². The molecule has 1 aliphatic rings. The van der Waals surface area contributed by atoms with E-state index in [1.807, 2.05) is 0 Å². The van der Waals surface area contributed by atoms with E-state index < -0.39 is 0 Å². The Labute approximate surface area is 114 Å². The molecule has 0 aromatic carbocycles. The summed E-state index contributed by atoms with van der Waals surface area (Å²) in [7, 11) is 0. The molecule has 0 bridgehead atoms. The van der Waals surface area contributed by atoms with Gasteiger partial charge in [0.2, 0.25) is 0 Å². The Bertz CT molecular complexity index is 239. The molecule has 108 valence electrons. The second kappa shape index (κ2) is 6.91. The summed E-state index contributed by atoms with van der Waals surface area (Å²) in [5.41, 5.74) is 6.66. The lowest BCUT2D eigenvalue weighted by Gasteiger charge is -2.40. The molecule has 0 radical (unpaired) electrons. The smallest absolute Gasteiger partial charge is 0.0727 e. The van der Waals surface area contributed by atoms with E-state index in [0.29, 0.717) is 11.5 Å². The lowest BCUT2D eigenvalue weighted by atomic mass is 9.71. The van der Waals surface area contributed by atoms with Crippen LogP contribution in [-0.2, 0) is 4.74 Å². The van der Waals surface area contributed by atoms with Gasteiger partial charge in [0.1, 0.15) is 0 Å². The lowest BCUT2D eigenvalue weighted by Crippen LogP contribution is -2.42. The van der Waals surface area contributed by atoms with Crippen LogP contribution in [0.5, 0.6) is 0 Å². The van der Waals surface area contributed by atoms with Crippen LogP contribution in [0, 0.1) is 11.3 Å².